The predicted molar refractivity (Wildman–Crippen MR) is 73.0 cm³/mol. The van der Waals surface area contributed by atoms with E-state index in [2.05, 4.69) is 15.9 Å². The van der Waals surface area contributed by atoms with Crippen molar-refractivity contribution in [1.82, 2.24) is 4.90 Å². The van der Waals surface area contributed by atoms with Crippen LogP contribution in [0.2, 0.25) is 0 Å². The highest BCUT2D eigenvalue weighted by molar-refractivity contribution is 9.09. The number of aromatic hydroxyl groups is 1. The number of amides is 1. The smallest absolute Gasteiger partial charge is 0.261 e. The summed E-state index contributed by atoms with van der Waals surface area (Å²) in [7, 11) is 0. The molecule has 2 bridgehead atoms. The first-order valence-corrected chi connectivity index (χ1v) is 7.43. The minimum absolute atomic E-state index is 0.162. The summed E-state index contributed by atoms with van der Waals surface area (Å²) in [5, 5.41) is 9.74. The summed E-state index contributed by atoms with van der Waals surface area (Å²) in [5.74, 6) is -1.29. The molecule has 0 spiro atoms. The molecular weight excluding hydrogens is 313 g/mol. The number of hydrogen-bond acceptors (Lipinski definition) is 2. The van der Waals surface area contributed by atoms with E-state index in [-0.39, 0.29) is 29.3 Å². The number of rotatable bonds is 1. The lowest BCUT2D eigenvalue weighted by molar-refractivity contribution is 0.0595. The molecule has 0 saturated carbocycles. The van der Waals surface area contributed by atoms with Gasteiger partial charge in [0.15, 0.2) is 0 Å². The third kappa shape index (κ3) is 2.14. The number of halogens is 2. The summed E-state index contributed by atoms with van der Waals surface area (Å²) in [6, 6.07) is 4.30. The molecule has 0 aliphatic carbocycles. The van der Waals surface area contributed by atoms with Gasteiger partial charge in [-0.2, -0.15) is 0 Å². The number of alkyl halides is 1. The van der Waals surface area contributed by atoms with Crippen molar-refractivity contribution in [2.24, 2.45) is 0 Å². The van der Waals surface area contributed by atoms with Crippen molar-refractivity contribution in [2.75, 3.05) is 0 Å². The molecule has 2 aliphatic rings. The van der Waals surface area contributed by atoms with Crippen LogP contribution in [0.15, 0.2) is 18.2 Å². The van der Waals surface area contributed by atoms with E-state index in [4.69, 9.17) is 0 Å². The van der Waals surface area contributed by atoms with Gasteiger partial charge in [-0.1, -0.05) is 22.0 Å². The van der Waals surface area contributed by atoms with Crippen molar-refractivity contribution in [3.63, 3.8) is 0 Å². The summed E-state index contributed by atoms with van der Waals surface area (Å²) in [4.78, 5) is 14.7. The standard InChI is InChI=1S/C14H15BrFNO2/c15-8-6-9-4-5-10(7-8)17(9)14(19)13-11(16)2-1-3-12(13)18/h1-3,8-10,18H,4-7H2. The van der Waals surface area contributed by atoms with Crippen LogP contribution in [0.3, 0.4) is 0 Å². The van der Waals surface area contributed by atoms with E-state index < -0.39 is 5.82 Å². The summed E-state index contributed by atoms with van der Waals surface area (Å²) < 4.78 is 13.8. The van der Waals surface area contributed by atoms with Crippen molar-refractivity contribution in [3.05, 3.63) is 29.6 Å². The van der Waals surface area contributed by atoms with Crippen molar-refractivity contribution >= 4 is 21.8 Å². The van der Waals surface area contributed by atoms with E-state index in [0.717, 1.165) is 25.7 Å². The summed E-state index contributed by atoms with van der Waals surface area (Å²) >= 11 is 3.61. The molecule has 2 heterocycles. The van der Waals surface area contributed by atoms with E-state index in [9.17, 15) is 14.3 Å². The van der Waals surface area contributed by atoms with Crippen molar-refractivity contribution in [1.29, 1.82) is 0 Å². The lowest BCUT2D eigenvalue weighted by atomic mass is 10.0. The van der Waals surface area contributed by atoms with Crippen molar-refractivity contribution in [2.45, 2.75) is 42.6 Å². The van der Waals surface area contributed by atoms with Gasteiger partial charge in [-0.3, -0.25) is 4.79 Å². The maximum Gasteiger partial charge on any atom is 0.261 e. The second kappa shape index (κ2) is 4.78. The molecule has 5 heteroatoms. The van der Waals surface area contributed by atoms with Crippen LogP contribution >= 0.6 is 15.9 Å². The van der Waals surface area contributed by atoms with Crippen LogP contribution < -0.4 is 0 Å². The Morgan fingerprint density at radius 1 is 1.32 bits per heavy atom. The fourth-order valence-corrected chi connectivity index (χ4v) is 4.16. The second-order valence-electron chi connectivity index (χ2n) is 5.30. The molecule has 2 saturated heterocycles. The Labute approximate surface area is 119 Å². The number of phenols is 1. The van der Waals surface area contributed by atoms with Crippen LogP contribution in [0.25, 0.3) is 0 Å². The van der Waals surface area contributed by atoms with E-state index >= 15 is 0 Å². The lowest BCUT2D eigenvalue weighted by Crippen LogP contribution is -2.47. The largest absolute Gasteiger partial charge is 0.507 e. The molecule has 1 aromatic rings. The number of phenolic OH excluding ortho intramolecular Hbond substituents is 1. The van der Waals surface area contributed by atoms with Gasteiger partial charge >= 0.3 is 0 Å². The molecule has 1 N–H and O–H groups in total. The Morgan fingerprint density at radius 3 is 2.53 bits per heavy atom. The minimum Gasteiger partial charge on any atom is -0.507 e. The molecule has 0 radical (unpaired) electrons. The monoisotopic (exact) mass is 327 g/mol. The minimum atomic E-state index is -0.648. The van der Waals surface area contributed by atoms with E-state index in [0.29, 0.717) is 4.83 Å². The van der Waals surface area contributed by atoms with Crippen LogP contribution in [0.5, 0.6) is 5.75 Å². The number of carbonyl (C=O) groups excluding carboxylic acids is 1. The molecule has 19 heavy (non-hydrogen) atoms. The third-order valence-electron chi connectivity index (χ3n) is 4.12. The number of nitrogens with zero attached hydrogens (tertiary/aromatic N) is 1. The topological polar surface area (TPSA) is 40.5 Å². The Kier molecular flexibility index (Phi) is 3.25. The first kappa shape index (κ1) is 12.9. The number of piperidine rings is 1. The Morgan fingerprint density at radius 2 is 1.95 bits per heavy atom. The van der Waals surface area contributed by atoms with Crippen molar-refractivity contribution in [3.8, 4) is 5.75 Å². The third-order valence-corrected chi connectivity index (χ3v) is 4.86. The zero-order chi connectivity index (χ0) is 13.6. The highest BCUT2D eigenvalue weighted by Crippen LogP contribution is 2.40. The highest BCUT2D eigenvalue weighted by Gasteiger charge is 2.43. The molecule has 3 nitrogen and oxygen atoms in total. The Bertz CT molecular complexity index is 488. The molecule has 2 aliphatic heterocycles. The van der Waals surface area contributed by atoms with Gasteiger partial charge in [-0.15, -0.1) is 0 Å². The quantitative estimate of drug-likeness (QED) is 0.805. The number of carbonyl (C=O) groups is 1. The van der Waals surface area contributed by atoms with Crippen LogP contribution in [-0.4, -0.2) is 32.8 Å². The predicted octanol–water partition coefficient (Wildman–Crippen LogP) is 3.06. The normalized spacial score (nSPS) is 29.6. The molecule has 2 atom stereocenters. The van der Waals surface area contributed by atoms with Crippen LogP contribution in [0.4, 0.5) is 4.39 Å². The molecule has 102 valence electrons. The summed E-state index contributed by atoms with van der Waals surface area (Å²) in [5.41, 5.74) is -0.188. The zero-order valence-corrected chi connectivity index (χ0v) is 11.9. The molecule has 1 aromatic carbocycles. The Hall–Kier alpha value is -1.10. The van der Waals surface area contributed by atoms with E-state index in [1.807, 2.05) is 0 Å². The molecule has 1 amide bonds. The van der Waals surface area contributed by atoms with Gasteiger partial charge in [0.05, 0.1) is 0 Å². The zero-order valence-electron chi connectivity index (χ0n) is 10.4. The maximum atomic E-state index is 13.8. The molecule has 3 rings (SSSR count). The van der Waals surface area contributed by atoms with Crippen LogP contribution in [0.1, 0.15) is 36.0 Å². The molecule has 0 aromatic heterocycles. The average Bonchev–Trinajstić information content (AvgIpc) is 2.61. The van der Waals surface area contributed by atoms with Crippen molar-refractivity contribution < 1.29 is 14.3 Å². The summed E-state index contributed by atoms with van der Waals surface area (Å²) in [6.07, 6.45) is 3.73. The molecule has 2 fully saturated rings. The van der Waals surface area contributed by atoms with Gasteiger partial charge in [-0.05, 0) is 37.8 Å². The number of benzene rings is 1. The fraction of sp³-hybridized carbons (Fsp3) is 0.500. The van der Waals surface area contributed by atoms with E-state index in [1.54, 1.807) is 4.90 Å². The highest BCUT2D eigenvalue weighted by atomic mass is 79.9. The van der Waals surface area contributed by atoms with Gasteiger partial charge in [0.2, 0.25) is 0 Å². The number of hydrogen-bond donors (Lipinski definition) is 1. The van der Waals surface area contributed by atoms with E-state index in [1.165, 1.54) is 18.2 Å². The average molecular weight is 328 g/mol. The van der Waals surface area contributed by atoms with Gasteiger partial charge in [-0.25, -0.2) is 4.39 Å². The van der Waals surface area contributed by atoms with Gasteiger partial charge in [0, 0.05) is 16.9 Å². The Balaban J connectivity index is 1.93. The second-order valence-corrected chi connectivity index (χ2v) is 6.60. The first-order valence-electron chi connectivity index (χ1n) is 6.52. The van der Waals surface area contributed by atoms with Crippen LogP contribution in [-0.2, 0) is 0 Å². The first-order chi connectivity index (χ1) is 9.08. The van der Waals surface area contributed by atoms with Crippen LogP contribution in [0, 0.1) is 5.82 Å². The molecule has 2 unspecified atom stereocenters. The fourth-order valence-electron chi connectivity index (χ4n) is 3.30. The van der Waals surface area contributed by atoms with Gasteiger partial charge in [0.1, 0.15) is 17.1 Å². The maximum absolute atomic E-state index is 13.8. The van der Waals surface area contributed by atoms with Gasteiger partial charge in [0.25, 0.3) is 5.91 Å². The van der Waals surface area contributed by atoms with Gasteiger partial charge < -0.3 is 10.0 Å². The SMILES string of the molecule is O=C(c1c(O)cccc1F)N1C2CCC1CC(Br)C2. The summed E-state index contributed by atoms with van der Waals surface area (Å²) in [6.45, 7) is 0. The lowest BCUT2D eigenvalue weighted by Gasteiger charge is -2.37. The molecular formula is C14H15BrFNO2. The number of fused-ring (bicyclic) bond motifs is 2.